The average molecular weight is 299 g/mol. The summed E-state index contributed by atoms with van der Waals surface area (Å²) >= 11 is 0. The highest BCUT2D eigenvalue weighted by Crippen LogP contribution is 2.19. The second-order valence-corrected chi connectivity index (χ2v) is 5.13. The van der Waals surface area contributed by atoms with Gasteiger partial charge in [-0.25, -0.2) is 4.98 Å². The maximum absolute atomic E-state index is 12.0. The van der Waals surface area contributed by atoms with Crippen LogP contribution in [0, 0.1) is 6.92 Å². The number of aromatic nitrogens is 3. The van der Waals surface area contributed by atoms with Crippen LogP contribution in [0.5, 0.6) is 5.75 Å². The maximum Gasteiger partial charge on any atom is 0.255 e. The van der Waals surface area contributed by atoms with Gasteiger partial charge in [-0.05, 0) is 24.6 Å². The van der Waals surface area contributed by atoms with Crippen molar-refractivity contribution in [1.82, 2.24) is 14.5 Å². The standard InChI is InChI=1S/C16H17N3O3/c1-10-14-15(13(8-20)16(21)18-10)19(9-17-14)7-11-3-5-12(22-2)6-4-11/h3-6,9,20H,7-8H2,1-2H3,(H,18,21). The summed E-state index contributed by atoms with van der Waals surface area (Å²) in [4.78, 5) is 19.1. The first-order valence-electron chi connectivity index (χ1n) is 6.94. The Morgan fingerprint density at radius 1 is 1.32 bits per heavy atom. The van der Waals surface area contributed by atoms with Crippen LogP contribution >= 0.6 is 0 Å². The lowest BCUT2D eigenvalue weighted by Crippen LogP contribution is -2.16. The molecule has 114 valence electrons. The van der Waals surface area contributed by atoms with Gasteiger partial charge in [0.1, 0.15) is 11.3 Å². The molecule has 0 unspecified atom stereocenters. The fourth-order valence-corrected chi connectivity index (χ4v) is 2.58. The van der Waals surface area contributed by atoms with Crippen LogP contribution in [0.15, 0.2) is 35.4 Å². The van der Waals surface area contributed by atoms with Gasteiger partial charge in [0.05, 0.1) is 31.1 Å². The number of pyridine rings is 1. The molecule has 3 aromatic rings. The minimum Gasteiger partial charge on any atom is -0.497 e. The molecule has 0 atom stereocenters. The molecule has 0 amide bonds. The molecule has 0 bridgehead atoms. The Kier molecular flexibility index (Phi) is 3.68. The van der Waals surface area contributed by atoms with Crippen molar-refractivity contribution in [3.05, 3.63) is 57.8 Å². The van der Waals surface area contributed by atoms with Gasteiger partial charge in [-0.3, -0.25) is 4.79 Å². The number of methoxy groups -OCH3 is 1. The van der Waals surface area contributed by atoms with Crippen LogP contribution in [-0.4, -0.2) is 26.8 Å². The minimum atomic E-state index is -0.319. The predicted octanol–water partition coefficient (Wildman–Crippen LogP) is 1.58. The molecule has 1 aromatic carbocycles. The van der Waals surface area contributed by atoms with Crippen molar-refractivity contribution in [2.24, 2.45) is 0 Å². The fourth-order valence-electron chi connectivity index (χ4n) is 2.58. The number of imidazole rings is 1. The number of aliphatic hydroxyl groups is 1. The Bertz CT molecular complexity index is 863. The molecule has 2 N–H and O–H groups in total. The summed E-state index contributed by atoms with van der Waals surface area (Å²) in [6, 6.07) is 7.70. The van der Waals surface area contributed by atoms with Gasteiger partial charge in [0.15, 0.2) is 0 Å². The number of aryl methyl sites for hydroxylation is 1. The average Bonchev–Trinajstić information content (AvgIpc) is 2.93. The van der Waals surface area contributed by atoms with Crippen LogP contribution in [-0.2, 0) is 13.2 Å². The van der Waals surface area contributed by atoms with Crippen LogP contribution in [0.25, 0.3) is 11.0 Å². The molecule has 6 heteroatoms. The topological polar surface area (TPSA) is 80.1 Å². The molecule has 0 spiro atoms. The lowest BCUT2D eigenvalue weighted by atomic mass is 10.2. The van der Waals surface area contributed by atoms with E-state index >= 15 is 0 Å². The highest BCUT2D eigenvalue weighted by molar-refractivity contribution is 5.80. The van der Waals surface area contributed by atoms with Gasteiger partial charge in [0, 0.05) is 12.2 Å². The van der Waals surface area contributed by atoms with E-state index in [1.807, 2.05) is 28.8 Å². The molecule has 0 radical (unpaired) electrons. The SMILES string of the molecule is COc1ccc(Cn2cnc3c(C)[nH]c(=O)c(CO)c32)cc1. The van der Waals surface area contributed by atoms with Gasteiger partial charge in [0.25, 0.3) is 5.56 Å². The Balaban J connectivity index is 2.09. The zero-order valence-electron chi connectivity index (χ0n) is 12.5. The Morgan fingerprint density at radius 2 is 2.05 bits per heavy atom. The van der Waals surface area contributed by atoms with Gasteiger partial charge in [0.2, 0.25) is 0 Å². The molecular formula is C16H17N3O3. The van der Waals surface area contributed by atoms with Gasteiger partial charge in [-0.2, -0.15) is 0 Å². The van der Waals surface area contributed by atoms with E-state index < -0.39 is 0 Å². The van der Waals surface area contributed by atoms with Gasteiger partial charge >= 0.3 is 0 Å². The molecule has 3 rings (SSSR count). The van der Waals surface area contributed by atoms with Crippen molar-refractivity contribution >= 4 is 11.0 Å². The number of hydrogen-bond donors (Lipinski definition) is 2. The molecule has 0 saturated heterocycles. The van der Waals surface area contributed by atoms with E-state index in [-0.39, 0.29) is 12.2 Å². The summed E-state index contributed by atoms with van der Waals surface area (Å²) in [7, 11) is 1.63. The maximum atomic E-state index is 12.0. The zero-order valence-corrected chi connectivity index (χ0v) is 12.5. The van der Waals surface area contributed by atoms with Crippen molar-refractivity contribution in [3.8, 4) is 5.75 Å². The molecule has 0 aliphatic carbocycles. The molecule has 2 heterocycles. The summed E-state index contributed by atoms with van der Waals surface area (Å²) in [5.74, 6) is 0.794. The molecule has 6 nitrogen and oxygen atoms in total. The number of fused-ring (bicyclic) bond motifs is 1. The summed E-state index contributed by atoms with van der Waals surface area (Å²) in [6.45, 7) is 2.05. The summed E-state index contributed by atoms with van der Waals surface area (Å²) in [5.41, 5.74) is 3.21. The third kappa shape index (κ3) is 2.37. The van der Waals surface area contributed by atoms with Gasteiger partial charge in [-0.1, -0.05) is 12.1 Å². The molecule has 22 heavy (non-hydrogen) atoms. The molecule has 0 aliphatic rings. The number of aromatic amines is 1. The van der Waals surface area contributed by atoms with Crippen molar-refractivity contribution in [3.63, 3.8) is 0 Å². The van der Waals surface area contributed by atoms with E-state index in [4.69, 9.17) is 4.74 Å². The number of benzene rings is 1. The van der Waals surface area contributed by atoms with Crippen LogP contribution in [0.4, 0.5) is 0 Å². The highest BCUT2D eigenvalue weighted by atomic mass is 16.5. The van der Waals surface area contributed by atoms with Gasteiger partial charge in [-0.15, -0.1) is 0 Å². The number of nitrogens with zero attached hydrogens (tertiary/aromatic N) is 2. The predicted molar refractivity (Wildman–Crippen MR) is 83.1 cm³/mol. The number of ether oxygens (including phenoxy) is 1. The van der Waals surface area contributed by atoms with E-state index in [0.29, 0.717) is 28.8 Å². The summed E-state index contributed by atoms with van der Waals surface area (Å²) < 4.78 is 7.02. The Labute approximate surface area is 127 Å². The first-order valence-corrected chi connectivity index (χ1v) is 6.94. The normalized spacial score (nSPS) is 11.0. The first-order chi connectivity index (χ1) is 10.6. The first kappa shape index (κ1) is 14.3. The van der Waals surface area contributed by atoms with E-state index in [2.05, 4.69) is 9.97 Å². The molecule has 0 saturated carbocycles. The summed E-state index contributed by atoms with van der Waals surface area (Å²) in [5, 5.41) is 9.51. The molecular weight excluding hydrogens is 282 g/mol. The van der Waals surface area contributed by atoms with Crippen LogP contribution in [0.3, 0.4) is 0 Å². The molecule has 0 aliphatic heterocycles. The molecule has 0 fully saturated rings. The fraction of sp³-hybridized carbons (Fsp3) is 0.250. The van der Waals surface area contributed by atoms with Crippen molar-refractivity contribution in [1.29, 1.82) is 0 Å². The lowest BCUT2D eigenvalue weighted by Gasteiger charge is -2.08. The molecule has 2 aromatic heterocycles. The quantitative estimate of drug-likeness (QED) is 0.766. The summed E-state index contributed by atoms with van der Waals surface area (Å²) in [6.07, 6.45) is 1.69. The smallest absolute Gasteiger partial charge is 0.255 e. The highest BCUT2D eigenvalue weighted by Gasteiger charge is 2.14. The Morgan fingerprint density at radius 3 is 2.68 bits per heavy atom. The number of aliphatic hydroxyl groups excluding tert-OH is 1. The second-order valence-electron chi connectivity index (χ2n) is 5.13. The lowest BCUT2D eigenvalue weighted by molar-refractivity contribution is 0.281. The second kappa shape index (κ2) is 5.65. The Hall–Kier alpha value is -2.60. The van der Waals surface area contributed by atoms with E-state index in [1.165, 1.54) is 0 Å². The minimum absolute atomic E-state index is 0.274. The third-order valence-corrected chi connectivity index (χ3v) is 3.72. The monoisotopic (exact) mass is 299 g/mol. The van der Waals surface area contributed by atoms with E-state index in [9.17, 15) is 9.90 Å². The van der Waals surface area contributed by atoms with Crippen LogP contribution < -0.4 is 10.3 Å². The third-order valence-electron chi connectivity index (χ3n) is 3.72. The zero-order chi connectivity index (χ0) is 15.7. The number of nitrogens with one attached hydrogen (secondary N) is 1. The number of hydrogen-bond acceptors (Lipinski definition) is 4. The number of rotatable bonds is 4. The van der Waals surface area contributed by atoms with Crippen molar-refractivity contribution in [2.75, 3.05) is 7.11 Å². The van der Waals surface area contributed by atoms with Crippen LogP contribution in [0.2, 0.25) is 0 Å². The van der Waals surface area contributed by atoms with Crippen LogP contribution in [0.1, 0.15) is 16.8 Å². The van der Waals surface area contributed by atoms with Crippen molar-refractivity contribution in [2.45, 2.75) is 20.1 Å². The largest absolute Gasteiger partial charge is 0.497 e. The van der Waals surface area contributed by atoms with E-state index in [0.717, 1.165) is 11.3 Å². The van der Waals surface area contributed by atoms with Gasteiger partial charge < -0.3 is 19.4 Å². The number of H-pyrrole nitrogens is 1. The van der Waals surface area contributed by atoms with E-state index in [1.54, 1.807) is 20.4 Å². The van der Waals surface area contributed by atoms with Crippen molar-refractivity contribution < 1.29 is 9.84 Å².